The number of halogens is 1. The van der Waals surface area contributed by atoms with Gasteiger partial charge in [0.15, 0.2) is 0 Å². The molecule has 0 spiro atoms. The molecule has 0 unspecified atom stereocenters. The molecule has 3 heterocycles. The van der Waals surface area contributed by atoms with Crippen molar-refractivity contribution < 1.29 is 9.53 Å². The number of amides is 1. The third-order valence-corrected chi connectivity index (χ3v) is 5.41. The summed E-state index contributed by atoms with van der Waals surface area (Å²) in [5, 5.41) is 4.61. The summed E-state index contributed by atoms with van der Waals surface area (Å²) in [4.78, 5) is 38.0. The monoisotopic (exact) mass is 411 g/mol. The number of hydrogen-bond acceptors (Lipinski definition) is 6. The van der Waals surface area contributed by atoms with Crippen LogP contribution in [-0.4, -0.2) is 27.1 Å². The zero-order valence-corrected chi connectivity index (χ0v) is 16.4. The van der Waals surface area contributed by atoms with E-state index in [0.717, 1.165) is 29.3 Å². The van der Waals surface area contributed by atoms with Crippen LogP contribution >= 0.6 is 11.6 Å². The Balaban J connectivity index is 1.46. The molecular formula is C20H18ClN5O3. The summed E-state index contributed by atoms with van der Waals surface area (Å²) >= 11 is 6.07. The molecule has 1 atom stereocenters. The van der Waals surface area contributed by atoms with Gasteiger partial charge in [-0.1, -0.05) is 11.6 Å². The molecule has 2 aromatic heterocycles. The normalized spacial score (nSPS) is 17.0. The van der Waals surface area contributed by atoms with Gasteiger partial charge in [0.05, 0.1) is 11.6 Å². The Morgan fingerprint density at radius 1 is 1.31 bits per heavy atom. The Morgan fingerprint density at radius 3 is 2.93 bits per heavy atom. The number of ether oxygens (including phenoxy) is 1. The average molecular weight is 412 g/mol. The van der Waals surface area contributed by atoms with Gasteiger partial charge in [0.25, 0.3) is 5.56 Å². The number of aromatic nitrogens is 3. The molecule has 148 valence electrons. The van der Waals surface area contributed by atoms with E-state index in [2.05, 4.69) is 20.3 Å². The standard InChI is InChI=1S/C20H18ClN5O3/c1-10(15-7-11-6-13(21)2-5-16(11)24-18(15)27)23-19-22-8-12-9-29-20(28)26(14-3-4-14)17(12)25-19/h2,5-8,10,14H,3-4,9H2,1H3,(H,24,27)(H,22,23,25)/t10-/m0/s1. The van der Waals surface area contributed by atoms with Crippen LogP contribution in [0.3, 0.4) is 0 Å². The number of cyclic esters (lactones) is 1. The maximum atomic E-state index is 12.5. The molecule has 8 nitrogen and oxygen atoms in total. The van der Waals surface area contributed by atoms with Gasteiger partial charge in [-0.3, -0.25) is 9.69 Å². The maximum absolute atomic E-state index is 12.5. The lowest BCUT2D eigenvalue weighted by atomic mass is 10.1. The molecule has 1 fully saturated rings. The number of fused-ring (bicyclic) bond motifs is 2. The van der Waals surface area contributed by atoms with Gasteiger partial charge in [-0.15, -0.1) is 0 Å². The molecule has 29 heavy (non-hydrogen) atoms. The van der Waals surface area contributed by atoms with Crippen LogP contribution in [0.15, 0.2) is 35.3 Å². The zero-order chi connectivity index (χ0) is 20.1. The topological polar surface area (TPSA) is 100 Å². The minimum absolute atomic E-state index is 0.134. The van der Waals surface area contributed by atoms with Crippen LogP contribution in [0.1, 0.15) is 36.9 Å². The molecule has 0 saturated heterocycles. The molecule has 0 bridgehead atoms. The predicted molar refractivity (Wildman–Crippen MR) is 109 cm³/mol. The van der Waals surface area contributed by atoms with Gasteiger partial charge >= 0.3 is 6.09 Å². The summed E-state index contributed by atoms with van der Waals surface area (Å²) < 4.78 is 5.21. The van der Waals surface area contributed by atoms with Crippen molar-refractivity contribution in [3.05, 3.63) is 57.0 Å². The summed E-state index contributed by atoms with van der Waals surface area (Å²) in [5.41, 5.74) is 1.84. The van der Waals surface area contributed by atoms with Crippen LogP contribution in [0.2, 0.25) is 5.02 Å². The van der Waals surface area contributed by atoms with Crippen molar-refractivity contribution in [3.8, 4) is 0 Å². The van der Waals surface area contributed by atoms with Gasteiger partial charge in [-0.25, -0.2) is 9.78 Å². The van der Waals surface area contributed by atoms with Crippen molar-refractivity contribution in [2.45, 2.75) is 38.5 Å². The van der Waals surface area contributed by atoms with Gasteiger partial charge in [0.1, 0.15) is 12.4 Å². The van der Waals surface area contributed by atoms with Crippen LogP contribution in [0.5, 0.6) is 0 Å². The highest BCUT2D eigenvalue weighted by atomic mass is 35.5. The summed E-state index contributed by atoms with van der Waals surface area (Å²) in [7, 11) is 0. The first-order valence-electron chi connectivity index (χ1n) is 9.40. The van der Waals surface area contributed by atoms with E-state index in [0.29, 0.717) is 22.4 Å². The maximum Gasteiger partial charge on any atom is 0.416 e. The summed E-state index contributed by atoms with van der Waals surface area (Å²) in [6.07, 6.45) is 3.16. The second kappa shape index (κ2) is 6.73. The Bertz CT molecular complexity index is 1190. The number of hydrogen-bond donors (Lipinski definition) is 2. The molecule has 1 saturated carbocycles. The Hall–Kier alpha value is -3.13. The van der Waals surface area contributed by atoms with E-state index < -0.39 is 0 Å². The fraction of sp³-hybridized carbons (Fsp3) is 0.300. The van der Waals surface area contributed by atoms with Gasteiger partial charge in [-0.2, -0.15) is 4.98 Å². The second-order valence-electron chi connectivity index (χ2n) is 7.35. The van der Waals surface area contributed by atoms with Gasteiger partial charge in [-0.05, 0) is 44.0 Å². The molecule has 5 rings (SSSR count). The minimum atomic E-state index is -0.374. The number of nitrogens with zero attached hydrogens (tertiary/aromatic N) is 3. The van der Waals surface area contributed by atoms with E-state index in [1.807, 2.05) is 13.0 Å². The molecule has 1 aliphatic heterocycles. The number of pyridine rings is 1. The number of H-pyrrole nitrogens is 1. The third-order valence-electron chi connectivity index (χ3n) is 5.18. The van der Waals surface area contributed by atoms with Crippen LogP contribution in [-0.2, 0) is 11.3 Å². The van der Waals surface area contributed by atoms with Crippen molar-refractivity contribution in [1.82, 2.24) is 15.0 Å². The number of carbonyl (C=O) groups excluding carboxylic acids is 1. The Kier molecular flexibility index (Phi) is 4.16. The number of benzene rings is 1. The smallest absolute Gasteiger partial charge is 0.416 e. The van der Waals surface area contributed by atoms with Crippen molar-refractivity contribution in [3.63, 3.8) is 0 Å². The van der Waals surface area contributed by atoms with E-state index in [9.17, 15) is 9.59 Å². The van der Waals surface area contributed by atoms with Gasteiger partial charge < -0.3 is 15.0 Å². The SMILES string of the molecule is C[C@H](Nc1ncc2c(n1)N(C1CC1)C(=O)OC2)c1cc2cc(Cl)ccc2[nH]c1=O. The highest BCUT2D eigenvalue weighted by Crippen LogP contribution is 2.36. The molecule has 1 aromatic carbocycles. The molecule has 2 aliphatic rings. The van der Waals surface area contributed by atoms with E-state index >= 15 is 0 Å². The summed E-state index contributed by atoms with van der Waals surface area (Å²) in [6.45, 7) is 2.02. The molecule has 1 aliphatic carbocycles. The van der Waals surface area contributed by atoms with E-state index in [4.69, 9.17) is 16.3 Å². The van der Waals surface area contributed by atoms with Crippen LogP contribution in [0.4, 0.5) is 16.6 Å². The number of carbonyl (C=O) groups is 1. The first-order valence-corrected chi connectivity index (χ1v) is 9.78. The van der Waals surface area contributed by atoms with E-state index in [-0.39, 0.29) is 30.3 Å². The number of aromatic amines is 1. The first-order chi connectivity index (χ1) is 14.0. The number of anilines is 2. The Labute approximate surface area is 170 Å². The van der Waals surface area contributed by atoms with Crippen molar-refractivity contribution in [2.75, 3.05) is 10.2 Å². The Morgan fingerprint density at radius 2 is 2.14 bits per heavy atom. The second-order valence-corrected chi connectivity index (χ2v) is 7.79. The minimum Gasteiger partial charge on any atom is -0.444 e. The fourth-order valence-corrected chi connectivity index (χ4v) is 3.70. The average Bonchev–Trinajstić information content (AvgIpc) is 3.52. The number of rotatable bonds is 4. The van der Waals surface area contributed by atoms with Crippen LogP contribution in [0, 0.1) is 0 Å². The van der Waals surface area contributed by atoms with E-state index in [1.165, 1.54) is 0 Å². The van der Waals surface area contributed by atoms with Crippen molar-refractivity contribution in [1.29, 1.82) is 0 Å². The predicted octanol–water partition coefficient (Wildman–Crippen LogP) is 3.76. The lowest BCUT2D eigenvalue weighted by Gasteiger charge is -2.28. The molecule has 1 amide bonds. The van der Waals surface area contributed by atoms with Gasteiger partial charge in [0.2, 0.25) is 5.95 Å². The van der Waals surface area contributed by atoms with Crippen LogP contribution < -0.4 is 15.8 Å². The molecule has 3 aromatic rings. The lowest BCUT2D eigenvalue weighted by Crippen LogP contribution is -2.38. The lowest BCUT2D eigenvalue weighted by molar-refractivity contribution is 0.140. The first kappa shape index (κ1) is 17.9. The van der Waals surface area contributed by atoms with E-state index in [1.54, 1.807) is 29.3 Å². The molecule has 0 radical (unpaired) electrons. The summed E-state index contributed by atoms with van der Waals surface area (Å²) in [5.74, 6) is 0.926. The summed E-state index contributed by atoms with van der Waals surface area (Å²) in [6, 6.07) is 6.90. The van der Waals surface area contributed by atoms with Crippen molar-refractivity contribution >= 4 is 40.4 Å². The quantitative estimate of drug-likeness (QED) is 0.677. The van der Waals surface area contributed by atoms with Crippen molar-refractivity contribution in [2.24, 2.45) is 0 Å². The largest absolute Gasteiger partial charge is 0.444 e. The number of nitrogens with one attached hydrogen (secondary N) is 2. The van der Waals surface area contributed by atoms with Gasteiger partial charge in [0, 0.05) is 33.7 Å². The highest BCUT2D eigenvalue weighted by Gasteiger charge is 2.39. The highest BCUT2D eigenvalue weighted by molar-refractivity contribution is 6.31. The molecule has 9 heteroatoms. The fourth-order valence-electron chi connectivity index (χ4n) is 3.52. The zero-order valence-electron chi connectivity index (χ0n) is 15.6. The molecule has 2 N–H and O–H groups in total. The van der Waals surface area contributed by atoms with Crippen LogP contribution in [0.25, 0.3) is 10.9 Å². The molecular weight excluding hydrogens is 394 g/mol. The third kappa shape index (κ3) is 3.29.